The molecule has 3 rings (SSSR count). The lowest BCUT2D eigenvalue weighted by atomic mass is 10.0. The maximum atomic E-state index is 12.7. The predicted molar refractivity (Wildman–Crippen MR) is 95.2 cm³/mol. The largest absolute Gasteiger partial charge is 0.378 e. The lowest BCUT2D eigenvalue weighted by molar-refractivity contribution is 0.207. The van der Waals surface area contributed by atoms with Gasteiger partial charge in [0.25, 0.3) is 0 Å². The molecule has 1 unspecified atom stereocenters. The summed E-state index contributed by atoms with van der Waals surface area (Å²) in [6, 6.07) is 10.1. The third-order valence-corrected chi connectivity index (χ3v) is 4.30. The van der Waals surface area contributed by atoms with Gasteiger partial charge in [-0.15, -0.1) is 0 Å². The third kappa shape index (κ3) is 3.48. The van der Waals surface area contributed by atoms with Crippen molar-refractivity contribution in [3.8, 4) is 0 Å². The van der Waals surface area contributed by atoms with Crippen molar-refractivity contribution in [3.05, 3.63) is 47.9 Å². The molecule has 6 heteroatoms. The summed E-state index contributed by atoms with van der Waals surface area (Å²) >= 11 is 0. The highest BCUT2D eigenvalue weighted by atomic mass is 16.2. The van der Waals surface area contributed by atoms with Crippen LogP contribution in [0.5, 0.6) is 0 Å². The van der Waals surface area contributed by atoms with E-state index >= 15 is 0 Å². The van der Waals surface area contributed by atoms with Gasteiger partial charge in [0.1, 0.15) is 11.6 Å². The molecule has 24 heavy (non-hydrogen) atoms. The lowest BCUT2D eigenvalue weighted by Gasteiger charge is -2.26. The Kier molecular flexibility index (Phi) is 4.64. The Balaban J connectivity index is 1.77. The van der Waals surface area contributed by atoms with E-state index in [1.165, 1.54) is 5.56 Å². The summed E-state index contributed by atoms with van der Waals surface area (Å²) in [6.07, 6.45) is 3.64. The first-order valence-electron chi connectivity index (χ1n) is 8.19. The number of hydrogen-bond acceptors (Lipinski definition) is 4. The highest BCUT2D eigenvalue weighted by Gasteiger charge is 2.30. The van der Waals surface area contributed by atoms with E-state index in [9.17, 15) is 4.79 Å². The summed E-state index contributed by atoms with van der Waals surface area (Å²) < 4.78 is 0. The van der Waals surface area contributed by atoms with Crippen molar-refractivity contribution in [3.63, 3.8) is 0 Å². The molecule has 1 saturated heterocycles. The molecule has 1 aliphatic heterocycles. The Morgan fingerprint density at radius 1 is 1.33 bits per heavy atom. The molecule has 0 spiro atoms. The van der Waals surface area contributed by atoms with Crippen LogP contribution in [0.3, 0.4) is 0 Å². The second kappa shape index (κ2) is 6.86. The minimum Gasteiger partial charge on any atom is -0.378 e. The van der Waals surface area contributed by atoms with Gasteiger partial charge in [-0.1, -0.05) is 12.1 Å². The predicted octanol–water partition coefficient (Wildman–Crippen LogP) is 3.22. The van der Waals surface area contributed by atoms with Crippen LogP contribution in [0.4, 0.5) is 16.3 Å². The molecule has 2 aromatic rings. The SMILES string of the molecule is Cc1nccc(NC(=O)N2CCCC2c2cccc(N(C)C)c2)n1. The van der Waals surface area contributed by atoms with Crippen molar-refractivity contribution >= 4 is 17.5 Å². The van der Waals surface area contributed by atoms with Crippen LogP contribution in [0.25, 0.3) is 0 Å². The van der Waals surface area contributed by atoms with E-state index in [0.29, 0.717) is 11.6 Å². The number of carbonyl (C=O) groups is 1. The van der Waals surface area contributed by atoms with Crippen LogP contribution in [-0.2, 0) is 0 Å². The summed E-state index contributed by atoms with van der Waals surface area (Å²) in [5.41, 5.74) is 2.32. The van der Waals surface area contributed by atoms with Gasteiger partial charge in [0.15, 0.2) is 0 Å². The molecule has 0 saturated carbocycles. The number of likely N-dealkylation sites (tertiary alicyclic amines) is 1. The normalized spacial score (nSPS) is 17.0. The van der Waals surface area contributed by atoms with Crippen molar-refractivity contribution in [2.45, 2.75) is 25.8 Å². The maximum Gasteiger partial charge on any atom is 0.323 e. The summed E-state index contributed by atoms with van der Waals surface area (Å²) in [6.45, 7) is 2.56. The van der Waals surface area contributed by atoms with E-state index < -0.39 is 0 Å². The smallest absolute Gasteiger partial charge is 0.323 e. The average Bonchev–Trinajstić information content (AvgIpc) is 3.04. The van der Waals surface area contributed by atoms with Crippen LogP contribution in [-0.4, -0.2) is 41.5 Å². The highest BCUT2D eigenvalue weighted by Crippen LogP contribution is 2.33. The van der Waals surface area contributed by atoms with Gasteiger partial charge in [0.05, 0.1) is 6.04 Å². The molecule has 0 bridgehead atoms. The van der Waals surface area contributed by atoms with Crippen LogP contribution >= 0.6 is 0 Å². The molecule has 0 radical (unpaired) electrons. The van der Waals surface area contributed by atoms with E-state index in [1.807, 2.05) is 25.1 Å². The third-order valence-electron chi connectivity index (χ3n) is 4.30. The number of hydrogen-bond donors (Lipinski definition) is 1. The molecule has 2 heterocycles. The zero-order valence-corrected chi connectivity index (χ0v) is 14.4. The first kappa shape index (κ1) is 16.2. The number of rotatable bonds is 3. The van der Waals surface area contributed by atoms with Crippen LogP contribution in [0.1, 0.15) is 30.3 Å². The summed E-state index contributed by atoms with van der Waals surface area (Å²) in [4.78, 5) is 24.9. The zero-order chi connectivity index (χ0) is 17.1. The number of anilines is 2. The Labute approximate surface area is 142 Å². The minimum atomic E-state index is -0.106. The molecule has 6 nitrogen and oxygen atoms in total. The van der Waals surface area contributed by atoms with Gasteiger partial charge in [0, 0.05) is 32.5 Å². The van der Waals surface area contributed by atoms with Gasteiger partial charge in [-0.2, -0.15) is 0 Å². The molecule has 2 amide bonds. The van der Waals surface area contributed by atoms with Gasteiger partial charge in [-0.05, 0) is 43.5 Å². The quantitative estimate of drug-likeness (QED) is 0.941. The van der Waals surface area contributed by atoms with Gasteiger partial charge < -0.3 is 9.80 Å². The number of nitrogens with one attached hydrogen (secondary N) is 1. The van der Waals surface area contributed by atoms with Gasteiger partial charge >= 0.3 is 6.03 Å². The minimum absolute atomic E-state index is 0.104. The van der Waals surface area contributed by atoms with Crippen molar-refractivity contribution in [1.82, 2.24) is 14.9 Å². The number of amides is 2. The monoisotopic (exact) mass is 325 g/mol. The summed E-state index contributed by atoms with van der Waals surface area (Å²) in [5, 5.41) is 2.89. The Hall–Kier alpha value is -2.63. The number of aromatic nitrogens is 2. The average molecular weight is 325 g/mol. The number of benzene rings is 1. The summed E-state index contributed by atoms with van der Waals surface area (Å²) in [7, 11) is 4.05. The molecular formula is C18H23N5O. The van der Waals surface area contributed by atoms with Crippen molar-refractivity contribution in [1.29, 1.82) is 0 Å². The van der Waals surface area contributed by atoms with E-state index in [0.717, 1.165) is 25.1 Å². The fourth-order valence-corrected chi connectivity index (χ4v) is 3.07. The zero-order valence-electron chi connectivity index (χ0n) is 14.4. The van der Waals surface area contributed by atoms with Crippen LogP contribution in [0.2, 0.25) is 0 Å². The Morgan fingerprint density at radius 3 is 2.92 bits per heavy atom. The molecule has 126 valence electrons. The number of urea groups is 1. The number of nitrogens with zero attached hydrogens (tertiary/aromatic N) is 4. The molecule has 1 fully saturated rings. The number of aryl methyl sites for hydroxylation is 1. The van der Waals surface area contributed by atoms with Crippen LogP contribution < -0.4 is 10.2 Å². The van der Waals surface area contributed by atoms with Crippen molar-refractivity contribution < 1.29 is 4.79 Å². The first-order valence-corrected chi connectivity index (χ1v) is 8.19. The summed E-state index contributed by atoms with van der Waals surface area (Å²) in [5.74, 6) is 1.18. The molecule has 1 aromatic carbocycles. The second-order valence-corrected chi connectivity index (χ2v) is 6.26. The molecule has 1 aromatic heterocycles. The lowest BCUT2D eigenvalue weighted by Crippen LogP contribution is -2.34. The van der Waals surface area contributed by atoms with E-state index in [-0.39, 0.29) is 12.1 Å². The van der Waals surface area contributed by atoms with Crippen molar-refractivity contribution in [2.75, 3.05) is 30.9 Å². The van der Waals surface area contributed by atoms with E-state index in [4.69, 9.17) is 0 Å². The van der Waals surface area contributed by atoms with E-state index in [2.05, 4.69) is 38.4 Å². The molecule has 1 atom stereocenters. The molecule has 0 aliphatic carbocycles. The van der Waals surface area contributed by atoms with Crippen LogP contribution in [0, 0.1) is 6.92 Å². The first-order chi connectivity index (χ1) is 11.5. The number of carbonyl (C=O) groups excluding carboxylic acids is 1. The molecular weight excluding hydrogens is 302 g/mol. The molecule has 1 N–H and O–H groups in total. The van der Waals surface area contributed by atoms with Gasteiger partial charge in [-0.25, -0.2) is 14.8 Å². The molecule has 1 aliphatic rings. The fourth-order valence-electron chi connectivity index (χ4n) is 3.07. The maximum absolute atomic E-state index is 12.7. The standard InChI is InChI=1S/C18H23N5O/c1-13-19-10-9-17(20-13)21-18(24)23-11-5-8-16(23)14-6-4-7-15(12-14)22(2)3/h4,6-7,9-10,12,16H,5,8,11H2,1-3H3,(H,19,20,21,24). The Morgan fingerprint density at radius 2 is 2.17 bits per heavy atom. The van der Waals surface area contributed by atoms with Gasteiger partial charge in [-0.3, -0.25) is 5.32 Å². The Bertz CT molecular complexity index is 731. The highest BCUT2D eigenvalue weighted by molar-refractivity contribution is 5.88. The second-order valence-electron chi connectivity index (χ2n) is 6.26. The van der Waals surface area contributed by atoms with Crippen LogP contribution in [0.15, 0.2) is 36.5 Å². The van der Waals surface area contributed by atoms with Crippen molar-refractivity contribution in [2.24, 2.45) is 0 Å². The topological polar surface area (TPSA) is 61.4 Å². The van der Waals surface area contributed by atoms with Gasteiger partial charge in [0.2, 0.25) is 0 Å². The fraction of sp³-hybridized carbons (Fsp3) is 0.389. The van der Waals surface area contributed by atoms with E-state index in [1.54, 1.807) is 19.2 Å².